The molecule has 9 heteroatoms. The van der Waals surface area contributed by atoms with Crippen LogP contribution in [-0.4, -0.2) is 35.5 Å². The van der Waals surface area contributed by atoms with Gasteiger partial charge in [0.1, 0.15) is 30.8 Å². The predicted molar refractivity (Wildman–Crippen MR) is 108 cm³/mol. The van der Waals surface area contributed by atoms with E-state index in [4.69, 9.17) is 26.2 Å². The molecule has 0 amide bonds. The number of benzene rings is 2. The smallest absolute Gasteiger partial charge is 0.416 e. The Labute approximate surface area is 182 Å². The third kappa shape index (κ3) is 7.70. The van der Waals surface area contributed by atoms with Crippen molar-refractivity contribution in [1.82, 2.24) is 0 Å². The molecule has 0 radical (unpaired) electrons. The molecule has 2 aromatic rings. The van der Waals surface area contributed by atoms with Crippen LogP contribution in [0.5, 0.6) is 11.5 Å². The van der Waals surface area contributed by atoms with Crippen molar-refractivity contribution in [2.75, 3.05) is 13.2 Å². The fraction of sp³-hybridized carbons (Fsp3) is 0.318. The molecule has 0 heterocycles. The zero-order valence-electron chi connectivity index (χ0n) is 16.4. The number of hydrogen-bond donors (Lipinski definition) is 2. The molecule has 2 rings (SSSR count). The standard InChI is InChI=1S/C22H20ClF3O5/c1-2-3-15(10-21(28)29)14-4-7-18(8-5-14)30-12-17(27)13-31-20-9-6-16(11-19(20)23)22(24,25)26/h4-9,11,15,17,27H,10,12-13H2,1H3,(H,28,29). The van der Waals surface area contributed by atoms with E-state index in [1.165, 1.54) is 0 Å². The van der Waals surface area contributed by atoms with Crippen LogP contribution in [-0.2, 0) is 11.0 Å². The molecule has 2 N–H and O–H groups in total. The highest BCUT2D eigenvalue weighted by Crippen LogP contribution is 2.34. The summed E-state index contributed by atoms with van der Waals surface area (Å²) in [5.74, 6) is 4.62. The van der Waals surface area contributed by atoms with Crippen LogP contribution in [0.15, 0.2) is 42.5 Å². The molecular weight excluding hydrogens is 437 g/mol. The number of ether oxygens (including phenoxy) is 2. The highest BCUT2D eigenvalue weighted by Gasteiger charge is 2.31. The number of aliphatic hydroxyl groups excluding tert-OH is 1. The van der Waals surface area contributed by atoms with E-state index in [0.29, 0.717) is 5.75 Å². The van der Waals surface area contributed by atoms with Gasteiger partial charge < -0.3 is 19.7 Å². The lowest BCUT2D eigenvalue weighted by Crippen LogP contribution is -2.25. The van der Waals surface area contributed by atoms with Gasteiger partial charge in [-0.2, -0.15) is 13.2 Å². The number of hydrogen-bond acceptors (Lipinski definition) is 4. The quantitative estimate of drug-likeness (QED) is 0.532. The van der Waals surface area contributed by atoms with Gasteiger partial charge in [-0.3, -0.25) is 4.79 Å². The van der Waals surface area contributed by atoms with E-state index in [0.717, 1.165) is 23.8 Å². The summed E-state index contributed by atoms with van der Waals surface area (Å²) in [5.41, 5.74) is -0.169. The van der Waals surface area contributed by atoms with E-state index in [9.17, 15) is 23.1 Å². The van der Waals surface area contributed by atoms with Gasteiger partial charge in [-0.1, -0.05) is 29.7 Å². The summed E-state index contributed by atoms with van der Waals surface area (Å²) in [6.45, 7) is 1.26. The average Bonchev–Trinajstić information content (AvgIpc) is 2.70. The third-order valence-electron chi connectivity index (χ3n) is 4.11. The molecule has 5 nitrogen and oxygen atoms in total. The Morgan fingerprint density at radius 2 is 1.77 bits per heavy atom. The average molecular weight is 457 g/mol. The molecule has 2 atom stereocenters. The molecule has 166 valence electrons. The molecule has 31 heavy (non-hydrogen) atoms. The Kier molecular flexibility index (Phi) is 8.60. The molecule has 0 fully saturated rings. The minimum Gasteiger partial charge on any atom is -0.491 e. The van der Waals surface area contributed by atoms with Gasteiger partial charge in [0.15, 0.2) is 0 Å². The lowest BCUT2D eigenvalue weighted by molar-refractivity contribution is -0.138. The summed E-state index contributed by atoms with van der Waals surface area (Å²) in [4.78, 5) is 11.0. The van der Waals surface area contributed by atoms with Crippen molar-refractivity contribution >= 4 is 17.6 Å². The molecule has 0 aliphatic carbocycles. The molecule has 0 bridgehead atoms. The summed E-state index contributed by atoms with van der Waals surface area (Å²) in [7, 11) is 0. The highest BCUT2D eigenvalue weighted by molar-refractivity contribution is 6.32. The molecule has 0 spiro atoms. The summed E-state index contributed by atoms with van der Waals surface area (Å²) in [5, 5.41) is 18.8. The van der Waals surface area contributed by atoms with Gasteiger partial charge >= 0.3 is 12.1 Å². The van der Waals surface area contributed by atoms with Crippen molar-refractivity contribution in [3.63, 3.8) is 0 Å². The number of aliphatic hydroxyl groups is 1. The van der Waals surface area contributed by atoms with Gasteiger partial charge in [0.25, 0.3) is 0 Å². The Morgan fingerprint density at radius 1 is 1.13 bits per heavy atom. The Morgan fingerprint density at radius 3 is 2.32 bits per heavy atom. The van der Waals surface area contributed by atoms with Gasteiger partial charge in [-0.05, 0) is 42.8 Å². The number of halogens is 4. The van der Waals surface area contributed by atoms with E-state index < -0.39 is 29.7 Å². The lowest BCUT2D eigenvalue weighted by atomic mass is 9.96. The number of aliphatic carboxylic acids is 1. The van der Waals surface area contributed by atoms with Gasteiger partial charge in [0.05, 0.1) is 22.9 Å². The monoisotopic (exact) mass is 456 g/mol. The van der Waals surface area contributed by atoms with Crippen LogP contribution in [0.3, 0.4) is 0 Å². The first-order chi connectivity index (χ1) is 14.6. The van der Waals surface area contributed by atoms with E-state index in [2.05, 4.69) is 11.8 Å². The molecule has 0 aromatic heterocycles. The molecular formula is C22H20ClF3O5. The Balaban J connectivity index is 1.88. The first-order valence-electron chi connectivity index (χ1n) is 9.14. The first kappa shape index (κ1) is 24.4. The molecule has 2 aromatic carbocycles. The van der Waals surface area contributed by atoms with Crippen molar-refractivity contribution in [2.24, 2.45) is 0 Å². The Bertz CT molecular complexity index is 948. The van der Waals surface area contributed by atoms with Crippen molar-refractivity contribution < 1.29 is 37.7 Å². The van der Waals surface area contributed by atoms with Crippen LogP contribution in [0.2, 0.25) is 5.02 Å². The largest absolute Gasteiger partial charge is 0.491 e. The molecule has 0 aliphatic heterocycles. The number of carbonyl (C=O) groups is 1. The fourth-order valence-corrected chi connectivity index (χ4v) is 2.85. The maximum atomic E-state index is 12.6. The van der Waals surface area contributed by atoms with E-state index in [1.54, 1.807) is 31.2 Å². The minimum absolute atomic E-state index is 0.0135. The fourth-order valence-electron chi connectivity index (χ4n) is 2.62. The SMILES string of the molecule is CC#CC(CC(=O)O)c1ccc(OCC(O)COc2ccc(C(F)(F)F)cc2Cl)cc1. The predicted octanol–water partition coefficient (Wildman–Crippen LogP) is 4.76. The third-order valence-corrected chi connectivity index (χ3v) is 4.41. The van der Waals surface area contributed by atoms with E-state index in [1.807, 2.05) is 0 Å². The maximum Gasteiger partial charge on any atom is 0.416 e. The van der Waals surface area contributed by atoms with Crippen LogP contribution in [0.25, 0.3) is 0 Å². The topological polar surface area (TPSA) is 76.0 Å². The number of rotatable bonds is 9. The highest BCUT2D eigenvalue weighted by atomic mass is 35.5. The van der Waals surface area contributed by atoms with Crippen LogP contribution in [0.4, 0.5) is 13.2 Å². The van der Waals surface area contributed by atoms with Gasteiger partial charge in [-0.15, -0.1) is 5.92 Å². The Hall–Kier alpha value is -2.89. The molecule has 2 unspecified atom stereocenters. The number of carboxylic acid groups (broad SMARTS) is 1. The van der Waals surface area contributed by atoms with Crippen LogP contribution >= 0.6 is 11.6 Å². The second-order valence-corrected chi connectivity index (χ2v) is 6.94. The summed E-state index contributed by atoms with van der Waals surface area (Å²) >= 11 is 5.80. The number of alkyl halides is 3. The second-order valence-electron chi connectivity index (χ2n) is 6.53. The molecule has 0 saturated carbocycles. The van der Waals surface area contributed by atoms with Crippen molar-refractivity contribution in [2.45, 2.75) is 31.5 Å². The normalized spacial score (nSPS) is 13.0. The van der Waals surface area contributed by atoms with Gasteiger partial charge in [0.2, 0.25) is 0 Å². The second kappa shape index (κ2) is 10.9. The van der Waals surface area contributed by atoms with Gasteiger partial charge in [0, 0.05) is 0 Å². The van der Waals surface area contributed by atoms with Crippen LogP contribution in [0.1, 0.15) is 30.4 Å². The zero-order valence-corrected chi connectivity index (χ0v) is 17.2. The van der Waals surface area contributed by atoms with Crippen LogP contribution in [0, 0.1) is 11.8 Å². The van der Waals surface area contributed by atoms with Crippen molar-refractivity contribution in [3.05, 3.63) is 58.6 Å². The van der Waals surface area contributed by atoms with Crippen LogP contribution < -0.4 is 9.47 Å². The molecule has 0 saturated heterocycles. The van der Waals surface area contributed by atoms with Crippen molar-refractivity contribution in [1.29, 1.82) is 0 Å². The maximum absolute atomic E-state index is 12.6. The minimum atomic E-state index is -4.51. The summed E-state index contributed by atoms with van der Waals surface area (Å²) in [6, 6.07) is 9.32. The lowest BCUT2D eigenvalue weighted by Gasteiger charge is -2.16. The first-order valence-corrected chi connectivity index (χ1v) is 9.52. The van der Waals surface area contributed by atoms with E-state index in [-0.39, 0.29) is 30.4 Å². The van der Waals surface area contributed by atoms with Crippen molar-refractivity contribution in [3.8, 4) is 23.3 Å². The number of carboxylic acids is 1. The summed E-state index contributed by atoms with van der Waals surface area (Å²) < 4.78 is 48.7. The van der Waals surface area contributed by atoms with Gasteiger partial charge in [-0.25, -0.2) is 0 Å². The van der Waals surface area contributed by atoms with E-state index >= 15 is 0 Å². The molecule has 0 aliphatic rings. The summed E-state index contributed by atoms with van der Waals surface area (Å²) in [6.07, 6.45) is -5.70. The zero-order chi connectivity index (χ0) is 23.0.